The highest BCUT2D eigenvalue weighted by Crippen LogP contribution is 2.20. The van der Waals surface area contributed by atoms with Crippen LogP contribution in [0.4, 0.5) is 0 Å². The highest BCUT2D eigenvalue weighted by molar-refractivity contribution is 7.99. The Balaban J connectivity index is 2.66. The summed E-state index contributed by atoms with van der Waals surface area (Å²) in [5, 5.41) is 9.68. The number of aliphatic hydroxyl groups excluding tert-OH is 1. The fraction of sp³-hybridized carbons (Fsp3) is 0.400. The molecule has 1 rings (SSSR count). The fourth-order valence-corrected chi connectivity index (χ4v) is 1.83. The number of methoxy groups -OCH3 is 1. The number of aryl methyl sites for hydroxylation is 1. The predicted octanol–water partition coefficient (Wildman–Crippen LogP) is 1.15. The number of pyridine rings is 1. The third kappa shape index (κ3) is 3.53. The molecule has 0 saturated carbocycles. The Kier molecular flexibility index (Phi) is 4.58. The molecule has 0 aliphatic carbocycles. The molecule has 0 fully saturated rings. The van der Waals surface area contributed by atoms with Gasteiger partial charge in [-0.1, -0.05) is 11.8 Å². The van der Waals surface area contributed by atoms with Gasteiger partial charge in [-0.3, -0.25) is 4.79 Å². The Hall–Kier alpha value is -1.07. The third-order valence-electron chi connectivity index (χ3n) is 1.82. The number of aromatic nitrogens is 1. The molecule has 0 saturated heterocycles. The Labute approximate surface area is 92.7 Å². The summed E-state index contributed by atoms with van der Waals surface area (Å²) in [6, 6.07) is 1.85. The lowest BCUT2D eigenvalue weighted by Crippen LogP contribution is -2.03. The molecule has 0 unspecified atom stereocenters. The summed E-state index contributed by atoms with van der Waals surface area (Å²) in [6.45, 7) is 1.88. The lowest BCUT2D eigenvalue weighted by atomic mass is 10.2. The van der Waals surface area contributed by atoms with E-state index in [1.165, 1.54) is 18.9 Å². The van der Waals surface area contributed by atoms with Crippen molar-refractivity contribution in [1.82, 2.24) is 4.98 Å². The van der Waals surface area contributed by atoms with Crippen molar-refractivity contribution in [1.29, 1.82) is 0 Å². The van der Waals surface area contributed by atoms with Crippen molar-refractivity contribution in [2.24, 2.45) is 0 Å². The number of thioether (sulfide) groups is 1. The minimum Gasteiger partial charge on any atom is -0.468 e. The van der Waals surface area contributed by atoms with Gasteiger partial charge in [0.15, 0.2) is 0 Å². The van der Waals surface area contributed by atoms with E-state index in [1.807, 2.05) is 13.0 Å². The summed E-state index contributed by atoms with van der Waals surface area (Å²) in [7, 11) is 1.36. The molecular formula is C10H13NO3S. The van der Waals surface area contributed by atoms with Crippen LogP contribution < -0.4 is 0 Å². The number of carbonyl (C=O) groups is 1. The van der Waals surface area contributed by atoms with E-state index in [1.54, 1.807) is 6.20 Å². The summed E-state index contributed by atoms with van der Waals surface area (Å²) in [4.78, 5) is 15.1. The monoisotopic (exact) mass is 227 g/mol. The van der Waals surface area contributed by atoms with Gasteiger partial charge in [-0.25, -0.2) is 4.98 Å². The largest absolute Gasteiger partial charge is 0.468 e. The van der Waals surface area contributed by atoms with Crippen LogP contribution in [-0.2, 0) is 16.1 Å². The van der Waals surface area contributed by atoms with Gasteiger partial charge in [0.2, 0.25) is 0 Å². The summed E-state index contributed by atoms with van der Waals surface area (Å²) in [6.07, 6.45) is 1.60. The van der Waals surface area contributed by atoms with Gasteiger partial charge in [0.1, 0.15) is 0 Å². The Bertz CT molecular complexity index is 355. The first-order valence-corrected chi connectivity index (χ1v) is 5.42. The number of ether oxygens (including phenoxy) is 1. The van der Waals surface area contributed by atoms with Crippen molar-refractivity contribution in [2.45, 2.75) is 18.6 Å². The van der Waals surface area contributed by atoms with Crippen LogP contribution in [0.1, 0.15) is 11.1 Å². The van der Waals surface area contributed by atoms with Crippen molar-refractivity contribution in [2.75, 3.05) is 12.9 Å². The van der Waals surface area contributed by atoms with Crippen LogP contribution >= 0.6 is 11.8 Å². The average Bonchev–Trinajstić information content (AvgIpc) is 2.26. The maximum absolute atomic E-state index is 10.9. The van der Waals surface area contributed by atoms with Crippen LogP contribution in [0.5, 0.6) is 0 Å². The number of aliphatic hydroxyl groups is 1. The Morgan fingerprint density at radius 3 is 2.93 bits per heavy atom. The van der Waals surface area contributed by atoms with E-state index < -0.39 is 0 Å². The van der Waals surface area contributed by atoms with E-state index >= 15 is 0 Å². The molecule has 1 heterocycles. The fourth-order valence-electron chi connectivity index (χ4n) is 1.04. The van der Waals surface area contributed by atoms with Gasteiger partial charge in [-0.05, 0) is 24.1 Å². The number of nitrogens with zero attached hydrogens (tertiary/aromatic N) is 1. The molecule has 5 heteroatoms. The van der Waals surface area contributed by atoms with Gasteiger partial charge in [-0.2, -0.15) is 0 Å². The van der Waals surface area contributed by atoms with E-state index in [0.717, 1.165) is 16.2 Å². The first-order chi connectivity index (χ1) is 7.17. The lowest BCUT2D eigenvalue weighted by molar-refractivity contribution is -0.137. The van der Waals surface area contributed by atoms with Crippen LogP contribution in [0.3, 0.4) is 0 Å². The molecule has 0 bridgehead atoms. The first-order valence-electron chi connectivity index (χ1n) is 4.43. The SMILES string of the molecule is COC(=O)CSc1ncc(CO)cc1C. The van der Waals surface area contributed by atoms with E-state index in [2.05, 4.69) is 9.72 Å². The van der Waals surface area contributed by atoms with E-state index in [9.17, 15) is 4.79 Å². The minimum absolute atomic E-state index is 0.0181. The molecule has 1 aromatic rings. The summed E-state index contributed by atoms with van der Waals surface area (Å²) < 4.78 is 4.53. The van der Waals surface area contributed by atoms with E-state index in [0.29, 0.717) is 0 Å². The molecular weight excluding hydrogens is 214 g/mol. The van der Waals surface area contributed by atoms with Crippen molar-refractivity contribution in [3.8, 4) is 0 Å². The summed E-state index contributed by atoms with van der Waals surface area (Å²) >= 11 is 1.33. The number of hydrogen-bond acceptors (Lipinski definition) is 5. The first kappa shape index (κ1) is 12.0. The van der Waals surface area contributed by atoms with Crippen molar-refractivity contribution in [3.63, 3.8) is 0 Å². The molecule has 82 valence electrons. The lowest BCUT2D eigenvalue weighted by Gasteiger charge is -2.05. The third-order valence-corrected chi connectivity index (χ3v) is 2.90. The smallest absolute Gasteiger partial charge is 0.316 e. The van der Waals surface area contributed by atoms with Crippen LogP contribution in [0, 0.1) is 6.92 Å². The maximum atomic E-state index is 10.9. The number of hydrogen-bond donors (Lipinski definition) is 1. The standard InChI is InChI=1S/C10H13NO3S/c1-7-3-8(5-12)4-11-10(7)15-6-9(13)14-2/h3-4,12H,5-6H2,1-2H3. The number of esters is 1. The molecule has 1 N–H and O–H groups in total. The van der Waals surface area contributed by atoms with Gasteiger partial charge >= 0.3 is 5.97 Å². The second-order valence-electron chi connectivity index (χ2n) is 2.99. The quantitative estimate of drug-likeness (QED) is 0.617. The topological polar surface area (TPSA) is 59.4 Å². The zero-order chi connectivity index (χ0) is 11.3. The zero-order valence-corrected chi connectivity index (χ0v) is 9.50. The highest BCUT2D eigenvalue weighted by Gasteiger charge is 2.06. The van der Waals surface area contributed by atoms with Crippen LogP contribution in [0.2, 0.25) is 0 Å². The minimum atomic E-state index is -0.271. The summed E-state index contributed by atoms with van der Waals surface area (Å²) in [5.41, 5.74) is 1.73. The van der Waals surface area contributed by atoms with Crippen molar-refractivity contribution >= 4 is 17.7 Å². The second-order valence-corrected chi connectivity index (χ2v) is 3.95. The highest BCUT2D eigenvalue weighted by atomic mass is 32.2. The zero-order valence-electron chi connectivity index (χ0n) is 8.69. The normalized spacial score (nSPS) is 10.1. The van der Waals surface area contributed by atoms with Crippen LogP contribution in [0.25, 0.3) is 0 Å². The molecule has 0 aliphatic rings. The van der Waals surface area contributed by atoms with Crippen LogP contribution in [-0.4, -0.2) is 28.9 Å². The molecule has 4 nitrogen and oxygen atoms in total. The molecule has 1 aromatic heterocycles. The van der Waals surface area contributed by atoms with Gasteiger partial charge in [0, 0.05) is 6.20 Å². The average molecular weight is 227 g/mol. The summed E-state index contributed by atoms with van der Waals surface area (Å²) in [5.74, 6) is -0.0181. The van der Waals surface area contributed by atoms with Gasteiger partial charge in [0.05, 0.1) is 24.5 Å². The van der Waals surface area contributed by atoms with Gasteiger partial charge in [0.25, 0.3) is 0 Å². The molecule has 0 spiro atoms. The van der Waals surface area contributed by atoms with Crippen molar-refractivity contribution < 1.29 is 14.6 Å². The number of carbonyl (C=O) groups excluding carboxylic acids is 1. The Morgan fingerprint density at radius 2 is 2.40 bits per heavy atom. The van der Waals surface area contributed by atoms with Crippen molar-refractivity contribution in [3.05, 3.63) is 23.4 Å². The molecule has 0 aromatic carbocycles. The maximum Gasteiger partial charge on any atom is 0.316 e. The molecule has 0 radical (unpaired) electrons. The van der Waals surface area contributed by atoms with Crippen LogP contribution in [0.15, 0.2) is 17.3 Å². The number of rotatable bonds is 4. The molecule has 0 atom stereocenters. The predicted molar refractivity (Wildman–Crippen MR) is 57.6 cm³/mol. The van der Waals surface area contributed by atoms with E-state index in [4.69, 9.17) is 5.11 Å². The molecule has 15 heavy (non-hydrogen) atoms. The van der Waals surface area contributed by atoms with Gasteiger partial charge < -0.3 is 9.84 Å². The van der Waals surface area contributed by atoms with Gasteiger partial charge in [-0.15, -0.1) is 0 Å². The molecule has 0 amide bonds. The molecule has 0 aliphatic heterocycles. The Morgan fingerprint density at radius 1 is 1.67 bits per heavy atom. The van der Waals surface area contributed by atoms with E-state index in [-0.39, 0.29) is 18.3 Å². The second kappa shape index (κ2) is 5.72.